The summed E-state index contributed by atoms with van der Waals surface area (Å²) in [7, 11) is 0. The highest BCUT2D eigenvalue weighted by molar-refractivity contribution is 5.95. The Morgan fingerprint density at radius 3 is 2.75 bits per heavy atom. The van der Waals surface area contributed by atoms with Gasteiger partial charge < -0.3 is 10.8 Å². The van der Waals surface area contributed by atoms with Crippen molar-refractivity contribution in [1.82, 2.24) is 0 Å². The average Bonchev–Trinajstić information content (AvgIpc) is 2.04. The molecule has 1 aromatic carbocycles. The molecule has 0 amide bonds. The lowest BCUT2D eigenvalue weighted by atomic mass is 10.1. The molecule has 0 bridgehead atoms. The first-order chi connectivity index (χ1) is 5.66. The second-order valence-electron chi connectivity index (χ2n) is 2.35. The first kappa shape index (κ1) is 8.67. The molecule has 0 aliphatic rings. The molecule has 64 valence electrons. The maximum absolute atomic E-state index is 13.1. The van der Waals surface area contributed by atoms with Crippen LogP contribution in [0, 0.1) is 11.2 Å². The van der Waals surface area contributed by atoms with Crippen LogP contribution in [-0.4, -0.2) is 10.9 Å². The molecule has 0 fully saturated rings. The second kappa shape index (κ2) is 3.32. The number of benzene rings is 1. The predicted octanol–water partition coefficient (Wildman–Crippen LogP) is 0.602. The molecule has 3 nitrogen and oxygen atoms in total. The van der Waals surface area contributed by atoms with Gasteiger partial charge in [0.15, 0.2) is 0 Å². The summed E-state index contributed by atoms with van der Waals surface area (Å²) in [6.07, 6.45) is 0. The summed E-state index contributed by atoms with van der Waals surface area (Å²) in [6.45, 7) is -0.382. The first-order valence-corrected chi connectivity index (χ1v) is 3.39. The number of nitrogen functional groups attached to an aromatic ring is 1. The average molecular weight is 168 g/mol. The molecular formula is C8H9FN2O. The summed E-state index contributed by atoms with van der Waals surface area (Å²) in [5, 5.41) is 15.7. The van der Waals surface area contributed by atoms with Gasteiger partial charge in [0.2, 0.25) is 0 Å². The van der Waals surface area contributed by atoms with Gasteiger partial charge in [0.25, 0.3) is 0 Å². The highest BCUT2D eigenvalue weighted by Gasteiger charge is 2.08. The van der Waals surface area contributed by atoms with Crippen molar-refractivity contribution in [3.05, 3.63) is 35.1 Å². The van der Waals surface area contributed by atoms with E-state index in [-0.39, 0.29) is 23.6 Å². The Bertz CT molecular complexity index is 312. The molecule has 0 aromatic heterocycles. The molecule has 0 spiro atoms. The minimum Gasteiger partial charge on any atom is -0.392 e. The number of hydrogen-bond acceptors (Lipinski definition) is 2. The highest BCUT2D eigenvalue weighted by atomic mass is 19.1. The number of aliphatic hydroxyl groups excluding tert-OH is 1. The Morgan fingerprint density at radius 2 is 2.25 bits per heavy atom. The Morgan fingerprint density at radius 1 is 1.58 bits per heavy atom. The van der Waals surface area contributed by atoms with E-state index >= 15 is 0 Å². The van der Waals surface area contributed by atoms with Crippen molar-refractivity contribution >= 4 is 5.84 Å². The van der Waals surface area contributed by atoms with Crippen LogP contribution in [0.25, 0.3) is 0 Å². The van der Waals surface area contributed by atoms with Crippen molar-refractivity contribution in [3.63, 3.8) is 0 Å². The molecule has 1 rings (SSSR count). The lowest BCUT2D eigenvalue weighted by Gasteiger charge is -2.03. The van der Waals surface area contributed by atoms with Crippen molar-refractivity contribution in [3.8, 4) is 0 Å². The summed E-state index contributed by atoms with van der Waals surface area (Å²) in [4.78, 5) is 0. The third-order valence-electron chi connectivity index (χ3n) is 1.54. The molecule has 4 heteroatoms. The summed E-state index contributed by atoms with van der Waals surface area (Å²) >= 11 is 0. The fourth-order valence-electron chi connectivity index (χ4n) is 0.910. The Labute approximate surface area is 69.1 Å². The van der Waals surface area contributed by atoms with Gasteiger partial charge in [-0.1, -0.05) is 12.1 Å². The minimum atomic E-state index is -0.618. The molecule has 0 atom stereocenters. The van der Waals surface area contributed by atoms with Crippen molar-refractivity contribution < 1.29 is 9.50 Å². The summed E-state index contributed by atoms with van der Waals surface area (Å²) in [5.41, 5.74) is 5.28. The molecule has 0 heterocycles. The smallest absolute Gasteiger partial charge is 0.139 e. The van der Waals surface area contributed by atoms with Crippen LogP contribution in [0.5, 0.6) is 0 Å². The first-order valence-electron chi connectivity index (χ1n) is 3.39. The topological polar surface area (TPSA) is 70.1 Å². The molecule has 0 unspecified atom stereocenters. The van der Waals surface area contributed by atoms with Crippen LogP contribution in [0.1, 0.15) is 11.1 Å². The standard InChI is InChI=1S/C8H9FN2O/c9-7-5(4-12)2-1-3-6(7)8(10)11/h1-3,12H,4H2,(H3,10,11). The van der Waals surface area contributed by atoms with Gasteiger partial charge in [0, 0.05) is 5.56 Å². The fraction of sp³-hybridized carbons (Fsp3) is 0.125. The van der Waals surface area contributed by atoms with Gasteiger partial charge in [-0.3, -0.25) is 5.41 Å². The molecule has 12 heavy (non-hydrogen) atoms. The van der Waals surface area contributed by atoms with E-state index in [4.69, 9.17) is 16.2 Å². The fourth-order valence-corrected chi connectivity index (χ4v) is 0.910. The Kier molecular flexibility index (Phi) is 2.40. The van der Waals surface area contributed by atoms with Gasteiger partial charge in [0.1, 0.15) is 11.7 Å². The van der Waals surface area contributed by atoms with Crippen molar-refractivity contribution in [2.75, 3.05) is 0 Å². The maximum Gasteiger partial charge on any atom is 0.139 e. The van der Waals surface area contributed by atoms with E-state index in [2.05, 4.69) is 0 Å². The van der Waals surface area contributed by atoms with Crippen molar-refractivity contribution in [2.24, 2.45) is 5.73 Å². The van der Waals surface area contributed by atoms with Gasteiger partial charge in [0.05, 0.1) is 12.2 Å². The van der Waals surface area contributed by atoms with E-state index in [9.17, 15) is 4.39 Å². The molecule has 0 aliphatic heterocycles. The summed E-state index contributed by atoms with van der Waals surface area (Å²) in [6, 6.07) is 4.39. The van der Waals surface area contributed by atoms with Crippen LogP contribution < -0.4 is 5.73 Å². The molecule has 4 N–H and O–H groups in total. The number of nitrogens with one attached hydrogen (secondary N) is 1. The minimum absolute atomic E-state index is 0.0292. The number of hydrogen-bond donors (Lipinski definition) is 3. The Balaban J connectivity index is 3.23. The van der Waals surface area contributed by atoms with Crippen LogP contribution in [0.4, 0.5) is 4.39 Å². The maximum atomic E-state index is 13.1. The van der Waals surface area contributed by atoms with Gasteiger partial charge in [-0.15, -0.1) is 0 Å². The second-order valence-corrected chi connectivity index (χ2v) is 2.35. The normalized spacial score (nSPS) is 9.83. The SMILES string of the molecule is N=C(N)c1cccc(CO)c1F. The predicted molar refractivity (Wildman–Crippen MR) is 43.3 cm³/mol. The van der Waals surface area contributed by atoms with Crippen LogP contribution >= 0.6 is 0 Å². The van der Waals surface area contributed by atoms with E-state index in [1.54, 1.807) is 6.07 Å². The quantitative estimate of drug-likeness (QED) is 0.447. The van der Waals surface area contributed by atoms with Crippen LogP contribution in [0.15, 0.2) is 18.2 Å². The van der Waals surface area contributed by atoms with E-state index in [1.165, 1.54) is 12.1 Å². The summed E-state index contributed by atoms with van der Waals surface area (Å²) < 4.78 is 13.1. The van der Waals surface area contributed by atoms with Crippen LogP contribution in [0.3, 0.4) is 0 Å². The number of rotatable bonds is 2. The van der Waals surface area contributed by atoms with E-state index in [0.717, 1.165) is 0 Å². The van der Waals surface area contributed by atoms with E-state index in [0.29, 0.717) is 0 Å². The number of halogens is 1. The van der Waals surface area contributed by atoms with Crippen LogP contribution in [-0.2, 0) is 6.61 Å². The number of amidine groups is 1. The summed E-state index contributed by atoms with van der Waals surface area (Å²) in [5.74, 6) is -0.949. The lowest BCUT2D eigenvalue weighted by Crippen LogP contribution is -2.14. The molecule has 0 radical (unpaired) electrons. The zero-order chi connectivity index (χ0) is 9.14. The van der Waals surface area contributed by atoms with E-state index < -0.39 is 5.82 Å². The zero-order valence-corrected chi connectivity index (χ0v) is 6.34. The zero-order valence-electron chi connectivity index (χ0n) is 6.34. The highest BCUT2D eigenvalue weighted by Crippen LogP contribution is 2.11. The van der Waals surface area contributed by atoms with Crippen molar-refractivity contribution in [1.29, 1.82) is 5.41 Å². The number of nitrogens with two attached hydrogens (primary N) is 1. The van der Waals surface area contributed by atoms with Gasteiger partial charge in [-0.05, 0) is 6.07 Å². The molecule has 0 saturated carbocycles. The van der Waals surface area contributed by atoms with E-state index in [1.807, 2.05) is 0 Å². The molecule has 0 aliphatic carbocycles. The van der Waals surface area contributed by atoms with Gasteiger partial charge in [-0.25, -0.2) is 4.39 Å². The number of aliphatic hydroxyl groups is 1. The van der Waals surface area contributed by atoms with Gasteiger partial charge >= 0.3 is 0 Å². The third kappa shape index (κ3) is 1.43. The molecule has 0 saturated heterocycles. The van der Waals surface area contributed by atoms with Crippen molar-refractivity contribution in [2.45, 2.75) is 6.61 Å². The molecular weight excluding hydrogens is 159 g/mol. The lowest BCUT2D eigenvalue weighted by molar-refractivity contribution is 0.275. The monoisotopic (exact) mass is 168 g/mol. The molecule has 1 aromatic rings. The van der Waals surface area contributed by atoms with Gasteiger partial charge in [-0.2, -0.15) is 0 Å². The third-order valence-corrected chi connectivity index (χ3v) is 1.54. The largest absolute Gasteiger partial charge is 0.392 e. The van der Waals surface area contributed by atoms with Crippen LogP contribution in [0.2, 0.25) is 0 Å². The Hall–Kier alpha value is -1.42.